The Kier molecular flexibility index (Phi) is 4.02. The van der Waals surface area contributed by atoms with Crippen LogP contribution in [-0.2, 0) is 11.2 Å². The van der Waals surface area contributed by atoms with Crippen molar-refractivity contribution < 1.29 is 14.3 Å². The van der Waals surface area contributed by atoms with Gasteiger partial charge in [-0.15, -0.1) is 0 Å². The van der Waals surface area contributed by atoms with Crippen LogP contribution in [0.1, 0.15) is 22.8 Å². The van der Waals surface area contributed by atoms with Gasteiger partial charge in [-0.1, -0.05) is 19.1 Å². The number of benzene rings is 2. The van der Waals surface area contributed by atoms with Crippen molar-refractivity contribution in [3.8, 4) is 5.75 Å². The van der Waals surface area contributed by atoms with E-state index in [1.807, 2.05) is 24.3 Å². The Labute approximate surface area is 134 Å². The molecular formula is C18H18N2O3. The first-order chi connectivity index (χ1) is 11.1. The average molecular weight is 310 g/mol. The molecule has 23 heavy (non-hydrogen) atoms. The molecule has 0 fully saturated rings. The van der Waals surface area contributed by atoms with Gasteiger partial charge in [-0.25, -0.2) is 0 Å². The fraction of sp³-hybridized carbons (Fsp3) is 0.222. The maximum absolute atomic E-state index is 12.4. The lowest BCUT2D eigenvalue weighted by molar-refractivity contribution is -0.120. The second kappa shape index (κ2) is 6.12. The Morgan fingerprint density at radius 3 is 2.65 bits per heavy atom. The Balaban J connectivity index is 1.81. The van der Waals surface area contributed by atoms with E-state index in [0.717, 1.165) is 12.1 Å². The molecule has 0 bridgehead atoms. The Hall–Kier alpha value is -2.82. The van der Waals surface area contributed by atoms with E-state index in [-0.39, 0.29) is 18.4 Å². The van der Waals surface area contributed by atoms with E-state index in [2.05, 4.69) is 12.2 Å². The topological polar surface area (TPSA) is 58.6 Å². The first-order valence-corrected chi connectivity index (χ1v) is 7.52. The van der Waals surface area contributed by atoms with Gasteiger partial charge in [0, 0.05) is 18.3 Å². The number of nitrogens with zero attached hydrogens (tertiary/aromatic N) is 1. The number of anilines is 2. The molecule has 0 spiro atoms. The standard InChI is InChI=1S/C18H18N2O3/c1-3-12-4-7-14(8-5-12)19-18(22)13-6-9-16-15(10-13)20(2)17(21)11-23-16/h4-10H,3,11H2,1-2H3,(H,19,22). The van der Waals surface area contributed by atoms with Crippen molar-refractivity contribution in [3.05, 3.63) is 53.6 Å². The zero-order valence-electron chi connectivity index (χ0n) is 13.1. The summed E-state index contributed by atoms with van der Waals surface area (Å²) < 4.78 is 5.36. The predicted octanol–water partition coefficient (Wildman–Crippen LogP) is 2.86. The van der Waals surface area contributed by atoms with Gasteiger partial charge in [-0.3, -0.25) is 9.59 Å². The largest absolute Gasteiger partial charge is 0.482 e. The van der Waals surface area contributed by atoms with E-state index in [1.165, 1.54) is 10.5 Å². The molecule has 5 nitrogen and oxygen atoms in total. The van der Waals surface area contributed by atoms with Crippen molar-refractivity contribution in [1.29, 1.82) is 0 Å². The quantitative estimate of drug-likeness (QED) is 0.948. The zero-order chi connectivity index (χ0) is 16.4. The highest BCUT2D eigenvalue weighted by Gasteiger charge is 2.23. The number of amides is 2. The van der Waals surface area contributed by atoms with Gasteiger partial charge in [0.1, 0.15) is 5.75 Å². The van der Waals surface area contributed by atoms with E-state index in [9.17, 15) is 9.59 Å². The highest BCUT2D eigenvalue weighted by molar-refractivity contribution is 6.06. The number of carbonyl (C=O) groups excluding carboxylic acids is 2. The van der Waals surface area contributed by atoms with E-state index < -0.39 is 0 Å². The summed E-state index contributed by atoms with van der Waals surface area (Å²) in [6, 6.07) is 12.8. The number of nitrogens with one attached hydrogen (secondary N) is 1. The van der Waals surface area contributed by atoms with Gasteiger partial charge in [0.2, 0.25) is 0 Å². The number of fused-ring (bicyclic) bond motifs is 1. The third-order valence-corrected chi connectivity index (χ3v) is 3.93. The van der Waals surface area contributed by atoms with Crippen LogP contribution in [0.2, 0.25) is 0 Å². The van der Waals surface area contributed by atoms with Crippen LogP contribution in [0.4, 0.5) is 11.4 Å². The molecule has 0 aliphatic carbocycles. The van der Waals surface area contributed by atoms with Gasteiger partial charge in [-0.05, 0) is 42.3 Å². The van der Waals surface area contributed by atoms with Gasteiger partial charge >= 0.3 is 0 Å². The normalized spacial score (nSPS) is 13.3. The number of carbonyl (C=O) groups is 2. The molecule has 5 heteroatoms. The number of hydrogen-bond donors (Lipinski definition) is 1. The summed E-state index contributed by atoms with van der Waals surface area (Å²) in [5, 5.41) is 2.86. The van der Waals surface area contributed by atoms with Crippen LogP contribution < -0.4 is 15.0 Å². The molecule has 0 atom stereocenters. The molecule has 0 radical (unpaired) electrons. The van der Waals surface area contributed by atoms with Gasteiger partial charge in [0.05, 0.1) is 5.69 Å². The molecule has 2 aromatic carbocycles. The number of likely N-dealkylation sites (N-methyl/N-ethyl adjacent to an activating group) is 1. The molecule has 2 aromatic rings. The maximum atomic E-state index is 12.4. The fourth-order valence-electron chi connectivity index (χ4n) is 2.44. The molecule has 1 aliphatic heterocycles. The Morgan fingerprint density at radius 2 is 1.96 bits per heavy atom. The van der Waals surface area contributed by atoms with Crippen LogP contribution in [0, 0.1) is 0 Å². The summed E-state index contributed by atoms with van der Waals surface area (Å²) in [5.41, 5.74) is 3.04. The molecule has 118 valence electrons. The fourth-order valence-corrected chi connectivity index (χ4v) is 2.44. The molecule has 1 aliphatic rings. The third-order valence-electron chi connectivity index (χ3n) is 3.93. The van der Waals surface area contributed by atoms with Crippen LogP contribution >= 0.6 is 0 Å². The average Bonchev–Trinajstić information content (AvgIpc) is 2.58. The first-order valence-electron chi connectivity index (χ1n) is 7.52. The lowest BCUT2D eigenvalue weighted by atomic mass is 10.1. The van der Waals surface area contributed by atoms with Crippen molar-refractivity contribution in [2.24, 2.45) is 0 Å². The second-order valence-corrected chi connectivity index (χ2v) is 5.43. The van der Waals surface area contributed by atoms with Crippen molar-refractivity contribution in [1.82, 2.24) is 0 Å². The molecule has 0 unspecified atom stereocenters. The zero-order valence-corrected chi connectivity index (χ0v) is 13.1. The highest BCUT2D eigenvalue weighted by atomic mass is 16.5. The Morgan fingerprint density at radius 1 is 1.22 bits per heavy atom. The van der Waals surface area contributed by atoms with Gasteiger partial charge < -0.3 is 15.0 Å². The van der Waals surface area contributed by atoms with Gasteiger partial charge in [0.25, 0.3) is 11.8 Å². The minimum absolute atomic E-state index is 0.0266. The molecule has 0 saturated heterocycles. The summed E-state index contributed by atoms with van der Waals surface area (Å²) in [5.74, 6) is 0.254. The Bertz CT molecular complexity index is 753. The summed E-state index contributed by atoms with van der Waals surface area (Å²) in [6.45, 7) is 2.11. The number of rotatable bonds is 3. The minimum atomic E-state index is -0.219. The van der Waals surface area contributed by atoms with Gasteiger partial charge in [-0.2, -0.15) is 0 Å². The maximum Gasteiger partial charge on any atom is 0.264 e. The monoisotopic (exact) mass is 310 g/mol. The van der Waals surface area contributed by atoms with Crippen molar-refractivity contribution in [3.63, 3.8) is 0 Å². The van der Waals surface area contributed by atoms with Crippen LogP contribution in [0.5, 0.6) is 5.75 Å². The summed E-state index contributed by atoms with van der Waals surface area (Å²) >= 11 is 0. The SMILES string of the molecule is CCc1ccc(NC(=O)c2ccc3c(c2)N(C)C(=O)CO3)cc1. The van der Waals surface area contributed by atoms with E-state index in [4.69, 9.17) is 4.74 Å². The van der Waals surface area contributed by atoms with Gasteiger partial charge in [0.15, 0.2) is 6.61 Å². The summed E-state index contributed by atoms with van der Waals surface area (Å²) in [4.78, 5) is 25.6. The number of ether oxygens (including phenoxy) is 1. The summed E-state index contributed by atoms with van der Waals surface area (Å²) in [7, 11) is 1.68. The van der Waals surface area contributed by atoms with E-state index >= 15 is 0 Å². The van der Waals surface area contributed by atoms with E-state index in [1.54, 1.807) is 25.2 Å². The summed E-state index contributed by atoms with van der Waals surface area (Å²) in [6.07, 6.45) is 0.958. The van der Waals surface area contributed by atoms with Crippen molar-refractivity contribution >= 4 is 23.2 Å². The van der Waals surface area contributed by atoms with Crippen LogP contribution in [0.25, 0.3) is 0 Å². The smallest absolute Gasteiger partial charge is 0.264 e. The van der Waals surface area contributed by atoms with Crippen LogP contribution in [-0.4, -0.2) is 25.5 Å². The second-order valence-electron chi connectivity index (χ2n) is 5.43. The molecule has 1 N–H and O–H groups in total. The molecule has 0 aromatic heterocycles. The molecule has 1 heterocycles. The molecular weight excluding hydrogens is 292 g/mol. The molecule has 2 amide bonds. The first kappa shape index (κ1) is 15.1. The van der Waals surface area contributed by atoms with Crippen molar-refractivity contribution in [2.45, 2.75) is 13.3 Å². The van der Waals surface area contributed by atoms with Crippen LogP contribution in [0.3, 0.4) is 0 Å². The van der Waals surface area contributed by atoms with E-state index in [0.29, 0.717) is 17.0 Å². The lowest BCUT2D eigenvalue weighted by Gasteiger charge is -2.26. The molecule has 3 rings (SSSR count). The number of hydrogen-bond acceptors (Lipinski definition) is 3. The van der Waals surface area contributed by atoms with Crippen molar-refractivity contribution in [2.75, 3.05) is 23.9 Å². The van der Waals surface area contributed by atoms with Crippen LogP contribution in [0.15, 0.2) is 42.5 Å². The predicted molar refractivity (Wildman–Crippen MR) is 89.1 cm³/mol. The molecule has 0 saturated carbocycles. The highest BCUT2D eigenvalue weighted by Crippen LogP contribution is 2.32. The lowest BCUT2D eigenvalue weighted by Crippen LogP contribution is -2.35. The number of aryl methyl sites for hydroxylation is 1. The third kappa shape index (κ3) is 3.04. The minimum Gasteiger partial charge on any atom is -0.482 e.